The Morgan fingerprint density at radius 1 is 1.12 bits per heavy atom. The average Bonchev–Trinajstić information content (AvgIpc) is 2.28. The Morgan fingerprint density at radius 2 is 1.82 bits per heavy atom. The first-order chi connectivity index (χ1) is 8.15. The summed E-state index contributed by atoms with van der Waals surface area (Å²) in [5.41, 5.74) is 0.946. The number of rotatable bonds is 3. The highest BCUT2D eigenvalue weighted by molar-refractivity contribution is 5.37. The van der Waals surface area contributed by atoms with E-state index in [-0.39, 0.29) is 6.04 Å². The molecule has 0 aliphatic rings. The summed E-state index contributed by atoms with van der Waals surface area (Å²) in [4.78, 5) is 17.0. The first-order valence-corrected chi connectivity index (χ1v) is 5.51. The van der Waals surface area contributed by atoms with Gasteiger partial charge in [-0.1, -0.05) is 0 Å². The fourth-order valence-electron chi connectivity index (χ4n) is 1.61. The van der Waals surface area contributed by atoms with Crippen molar-refractivity contribution < 1.29 is 0 Å². The van der Waals surface area contributed by atoms with Crippen molar-refractivity contribution in [2.75, 3.05) is 5.32 Å². The summed E-state index contributed by atoms with van der Waals surface area (Å²) in [5, 5.41) is 3.26. The van der Waals surface area contributed by atoms with Crippen LogP contribution in [0.4, 0.5) is 5.82 Å². The first kappa shape index (κ1) is 11.4. The van der Waals surface area contributed by atoms with Gasteiger partial charge in [0.15, 0.2) is 0 Å². The predicted molar refractivity (Wildman–Crippen MR) is 65.6 cm³/mol. The van der Waals surface area contributed by atoms with Gasteiger partial charge in [0.05, 0.1) is 6.04 Å². The number of hydrogen-bond acceptors (Lipinski definition) is 5. The maximum Gasteiger partial charge on any atom is 0.150 e. The maximum absolute atomic E-state index is 4.32. The van der Waals surface area contributed by atoms with Crippen LogP contribution in [0.1, 0.15) is 30.3 Å². The van der Waals surface area contributed by atoms with Crippen LogP contribution in [0.2, 0.25) is 0 Å². The SMILES string of the molecule is Cc1cc(NC(C)c2ncccn2)nc(C)n1. The van der Waals surface area contributed by atoms with Gasteiger partial charge in [0.1, 0.15) is 17.5 Å². The van der Waals surface area contributed by atoms with Crippen LogP contribution in [0, 0.1) is 13.8 Å². The van der Waals surface area contributed by atoms with Gasteiger partial charge in [-0.05, 0) is 26.8 Å². The summed E-state index contributed by atoms with van der Waals surface area (Å²) in [6.45, 7) is 5.83. The van der Waals surface area contributed by atoms with Crippen molar-refractivity contribution in [3.63, 3.8) is 0 Å². The number of aryl methyl sites for hydroxylation is 2. The van der Waals surface area contributed by atoms with Crippen molar-refractivity contribution >= 4 is 5.82 Å². The molecule has 0 aliphatic carbocycles. The first-order valence-electron chi connectivity index (χ1n) is 5.51. The van der Waals surface area contributed by atoms with E-state index < -0.39 is 0 Å². The van der Waals surface area contributed by atoms with E-state index in [4.69, 9.17) is 0 Å². The van der Waals surface area contributed by atoms with E-state index >= 15 is 0 Å². The van der Waals surface area contributed by atoms with Crippen LogP contribution in [0.25, 0.3) is 0 Å². The molecule has 5 nitrogen and oxygen atoms in total. The Morgan fingerprint density at radius 3 is 2.47 bits per heavy atom. The van der Waals surface area contributed by atoms with E-state index in [2.05, 4.69) is 25.3 Å². The van der Waals surface area contributed by atoms with Crippen molar-refractivity contribution in [1.82, 2.24) is 19.9 Å². The molecule has 0 amide bonds. The number of aromatic nitrogens is 4. The number of nitrogens with zero attached hydrogens (tertiary/aromatic N) is 4. The molecule has 5 heteroatoms. The van der Waals surface area contributed by atoms with E-state index in [0.717, 1.165) is 23.2 Å². The Labute approximate surface area is 100 Å². The molecule has 2 aromatic rings. The molecule has 0 saturated carbocycles. The summed E-state index contributed by atoms with van der Waals surface area (Å²) in [7, 11) is 0. The quantitative estimate of drug-likeness (QED) is 0.872. The molecule has 88 valence electrons. The van der Waals surface area contributed by atoms with Crippen LogP contribution >= 0.6 is 0 Å². The Bertz CT molecular complexity index is 477. The Kier molecular flexibility index (Phi) is 3.27. The molecule has 2 heterocycles. The molecule has 0 spiro atoms. The molecule has 1 N–H and O–H groups in total. The van der Waals surface area contributed by atoms with Crippen LogP contribution in [0.5, 0.6) is 0 Å². The summed E-state index contributed by atoms with van der Waals surface area (Å²) in [5.74, 6) is 2.31. The van der Waals surface area contributed by atoms with Crippen molar-refractivity contribution in [3.8, 4) is 0 Å². The zero-order chi connectivity index (χ0) is 12.3. The molecule has 0 aromatic carbocycles. The lowest BCUT2D eigenvalue weighted by molar-refractivity contribution is 0.780. The standard InChI is InChI=1S/C12H15N5/c1-8-7-11(17-10(3)15-8)16-9(2)12-13-5-4-6-14-12/h4-7,9H,1-3H3,(H,15,16,17). The monoisotopic (exact) mass is 229 g/mol. The van der Waals surface area contributed by atoms with E-state index in [1.807, 2.05) is 26.8 Å². The summed E-state index contributed by atoms with van der Waals surface area (Å²) >= 11 is 0. The lowest BCUT2D eigenvalue weighted by Gasteiger charge is -2.13. The predicted octanol–water partition coefficient (Wildman–Crippen LogP) is 2.06. The van der Waals surface area contributed by atoms with Crippen LogP contribution < -0.4 is 5.32 Å². The lowest BCUT2D eigenvalue weighted by atomic mass is 10.3. The van der Waals surface area contributed by atoms with Crippen LogP contribution in [-0.4, -0.2) is 19.9 Å². The molecule has 0 fully saturated rings. The van der Waals surface area contributed by atoms with Gasteiger partial charge in [-0.3, -0.25) is 0 Å². The highest BCUT2D eigenvalue weighted by Crippen LogP contribution is 2.14. The molecule has 2 aromatic heterocycles. The third-order valence-corrected chi connectivity index (χ3v) is 2.30. The molecule has 0 saturated heterocycles. The molecule has 1 atom stereocenters. The number of anilines is 1. The van der Waals surface area contributed by atoms with E-state index in [9.17, 15) is 0 Å². The van der Waals surface area contributed by atoms with Crippen molar-refractivity contribution in [2.45, 2.75) is 26.8 Å². The molecule has 17 heavy (non-hydrogen) atoms. The second kappa shape index (κ2) is 4.86. The van der Waals surface area contributed by atoms with E-state index in [1.54, 1.807) is 18.5 Å². The largest absolute Gasteiger partial charge is 0.360 e. The molecular formula is C12H15N5. The van der Waals surface area contributed by atoms with Gasteiger partial charge in [-0.2, -0.15) is 0 Å². The molecule has 0 bridgehead atoms. The van der Waals surface area contributed by atoms with Gasteiger partial charge >= 0.3 is 0 Å². The normalized spacial score (nSPS) is 12.2. The molecule has 0 aliphatic heterocycles. The Balaban J connectivity index is 2.16. The van der Waals surface area contributed by atoms with Gasteiger partial charge in [0.25, 0.3) is 0 Å². The molecule has 1 unspecified atom stereocenters. The third kappa shape index (κ3) is 2.96. The smallest absolute Gasteiger partial charge is 0.150 e. The highest BCUT2D eigenvalue weighted by Gasteiger charge is 2.08. The van der Waals surface area contributed by atoms with Crippen molar-refractivity contribution in [2.24, 2.45) is 0 Å². The summed E-state index contributed by atoms with van der Waals surface area (Å²) < 4.78 is 0. The van der Waals surface area contributed by atoms with Gasteiger partial charge in [-0.15, -0.1) is 0 Å². The van der Waals surface area contributed by atoms with Crippen LogP contribution in [0.15, 0.2) is 24.5 Å². The van der Waals surface area contributed by atoms with Crippen LogP contribution in [0.3, 0.4) is 0 Å². The average molecular weight is 229 g/mol. The topological polar surface area (TPSA) is 63.6 Å². The van der Waals surface area contributed by atoms with Crippen molar-refractivity contribution in [3.05, 3.63) is 41.9 Å². The zero-order valence-corrected chi connectivity index (χ0v) is 10.2. The fraction of sp³-hybridized carbons (Fsp3) is 0.333. The van der Waals surface area contributed by atoms with Gasteiger partial charge in [0.2, 0.25) is 0 Å². The van der Waals surface area contributed by atoms with Crippen LogP contribution in [-0.2, 0) is 0 Å². The molecule has 0 radical (unpaired) electrons. The zero-order valence-electron chi connectivity index (χ0n) is 10.2. The number of hydrogen-bond donors (Lipinski definition) is 1. The van der Waals surface area contributed by atoms with Gasteiger partial charge in [0, 0.05) is 24.2 Å². The van der Waals surface area contributed by atoms with Crippen molar-refractivity contribution in [1.29, 1.82) is 0 Å². The summed E-state index contributed by atoms with van der Waals surface area (Å²) in [6.07, 6.45) is 3.47. The fourth-order valence-corrected chi connectivity index (χ4v) is 1.61. The Hall–Kier alpha value is -2.04. The lowest BCUT2D eigenvalue weighted by Crippen LogP contribution is -2.12. The van der Waals surface area contributed by atoms with E-state index in [1.165, 1.54) is 0 Å². The van der Waals surface area contributed by atoms with Gasteiger partial charge in [-0.25, -0.2) is 19.9 Å². The number of nitrogens with one attached hydrogen (secondary N) is 1. The third-order valence-electron chi connectivity index (χ3n) is 2.30. The second-order valence-electron chi connectivity index (χ2n) is 3.91. The minimum atomic E-state index is 0.0184. The minimum absolute atomic E-state index is 0.0184. The second-order valence-corrected chi connectivity index (χ2v) is 3.91. The molecular weight excluding hydrogens is 214 g/mol. The molecule has 2 rings (SSSR count). The maximum atomic E-state index is 4.32. The van der Waals surface area contributed by atoms with E-state index in [0.29, 0.717) is 0 Å². The highest BCUT2D eigenvalue weighted by atomic mass is 15.1. The minimum Gasteiger partial charge on any atom is -0.360 e. The van der Waals surface area contributed by atoms with Gasteiger partial charge < -0.3 is 5.32 Å². The summed E-state index contributed by atoms with van der Waals surface area (Å²) in [6, 6.07) is 3.73.